The SMILES string of the molecule is Cc1ccc(OC(C)C(=O)N2CCCC2CC(C)O)cc1. The molecule has 0 aliphatic carbocycles. The highest BCUT2D eigenvalue weighted by Gasteiger charge is 2.32. The Labute approximate surface area is 126 Å². The van der Waals surface area contributed by atoms with Crippen molar-refractivity contribution in [2.75, 3.05) is 6.54 Å². The largest absolute Gasteiger partial charge is 0.481 e. The van der Waals surface area contributed by atoms with Gasteiger partial charge in [0.1, 0.15) is 5.75 Å². The minimum atomic E-state index is -0.498. The van der Waals surface area contributed by atoms with Crippen molar-refractivity contribution in [2.24, 2.45) is 0 Å². The second kappa shape index (κ2) is 6.94. The normalized spacial score (nSPS) is 21.1. The molecule has 4 nitrogen and oxygen atoms in total. The second-order valence-corrected chi connectivity index (χ2v) is 5.99. The Kier molecular flexibility index (Phi) is 5.23. The van der Waals surface area contributed by atoms with Gasteiger partial charge in [-0.15, -0.1) is 0 Å². The number of benzene rings is 1. The number of ether oxygens (including phenoxy) is 1. The first-order valence-corrected chi connectivity index (χ1v) is 7.69. The number of carbonyl (C=O) groups excluding carboxylic acids is 1. The van der Waals surface area contributed by atoms with Gasteiger partial charge >= 0.3 is 0 Å². The van der Waals surface area contributed by atoms with Gasteiger partial charge in [-0.2, -0.15) is 0 Å². The quantitative estimate of drug-likeness (QED) is 0.907. The molecule has 1 fully saturated rings. The summed E-state index contributed by atoms with van der Waals surface area (Å²) in [6.45, 7) is 6.34. The number of aliphatic hydroxyl groups excluding tert-OH is 1. The van der Waals surface area contributed by atoms with Crippen molar-refractivity contribution in [3.63, 3.8) is 0 Å². The molecule has 0 bridgehead atoms. The van der Waals surface area contributed by atoms with Gasteiger partial charge in [0.2, 0.25) is 0 Å². The average molecular weight is 291 g/mol. The molecule has 21 heavy (non-hydrogen) atoms. The van der Waals surface area contributed by atoms with Crippen LogP contribution in [0, 0.1) is 6.92 Å². The lowest BCUT2D eigenvalue weighted by atomic mass is 10.1. The van der Waals surface area contributed by atoms with Gasteiger partial charge in [0.15, 0.2) is 6.10 Å². The maximum Gasteiger partial charge on any atom is 0.263 e. The van der Waals surface area contributed by atoms with Crippen LogP contribution >= 0.6 is 0 Å². The van der Waals surface area contributed by atoms with E-state index in [4.69, 9.17) is 4.74 Å². The van der Waals surface area contributed by atoms with Gasteiger partial charge in [-0.3, -0.25) is 4.79 Å². The molecule has 0 saturated carbocycles. The first-order valence-electron chi connectivity index (χ1n) is 7.69. The smallest absolute Gasteiger partial charge is 0.263 e. The topological polar surface area (TPSA) is 49.8 Å². The summed E-state index contributed by atoms with van der Waals surface area (Å²) < 4.78 is 5.74. The van der Waals surface area contributed by atoms with E-state index in [1.165, 1.54) is 0 Å². The molecule has 2 rings (SSSR count). The molecule has 1 aromatic rings. The number of nitrogens with zero attached hydrogens (tertiary/aromatic N) is 1. The van der Waals surface area contributed by atoms with Gasteiger partial charge in [0.25, 0.3) is 5.91 Å². The highest BCUT2D eigenvalue weighted by atomic mass is 16.5. The number of carbonyl (C=O) groups is 1. The van der Waals surface area contributed by atoms with Gasteiger partial charge in [-0.25, -0.2) is 0 Å². The Hall–Kier alpha value is -1.55. The number of hydrogen-bond donors (Lipinski definition) is 1. The molecule has 1 aliphatic rings. The van der Waals surface area contributed by atoms with Gasteiger partial charge < -0.3 is 14.7 Å². The molecule has 1 amide bonds. The zero-order valence-corrected chi connectivity index (χ0v) is 13.1. The van der Waals surface area contributed by atoms with Gasteiger partial charge in [-0.05, 0) is 52.2 Å². The van der Waals surface area contributed by atoms with Crippen LogP contribution in [0.15, 0.2) is 24.3 Å². The number of aliphatic hydroxyl groups is 1. The molecule has 0 spiro atoms. The third-order valence-electron chi connectivity index (χ3n) is 3.96. The summed E-state index contributed by atoms with van der Waals surface area (Å²) in [6.07, 6.45) is 1.73. The third kappa shape index (κ3) is 4.21. The molecule has 4 heteroatoms. The van der Waals surface area contributed by atoms with Crippen molar-refractivity contribution < 1.29 is 14.6 Å². The first kappa shape index (κ1) is 15.8. The predicted octanol–water partition coefficient (Wildman–Crippen LogP) is 2.52. The van der Waals surface area contributed by atoms with Crippen molar-refractivity contribution in [3.05, 3.63) is 29.8 Å². The van der Waals surface area contributed by atoms with E-state index in [-0.39, 0.29) is 18.1 Å². The molecule has 0 aromatic heterocycles. The fourth-order valence-corrected chi connectivity index (χ4v) is 2.87. The fraction of sp³-hybridized carbons (Fsp3) is 0.588. The van der Waals surface area contributed by atoms with E-state index < -0.39 is 6.10 Å². The summed E-state index contributed by atoms with van der Waals surface area (Å²) in [5.74, 6) is 0.728. The van der Waals surface area contributed by atoms with Crippen LogP contribution < -0.4 is 4.74 Å². The molecule has 3 atom stereocenters. The molecule has 1 aromatic carbocycles. The lowest BCUT2D eigenvalue weighted by molar-refractivity contribution is -0.139. The van der Waals surface area contributed by atoms with E-state index in [2.05, 4.69) is 0 Å². The second-order valence-electron chi connectivity index (χ2n) is 5.99. The molecule has 1 saturated heterocycles. The molecule has 0 radical (unpaired) electrons. The Balaban J connectivity index is 1.96. The molecular formula is C17H25NO3. The van der Waals surface area contributed by atoms with Gasteiger partial charge in [0, 0.05) is 12.6 Å². The highest BCUT2D eigenvalue weighted by molar-refractivity contribution is 5.81. The maximum atomic E-state index is 12.5. The molecule has 116 valence electrons. The van der Waals surface area contributed by atoms with E-state index in [0.717, 1.165) is 24.9 Å². The molecule has 1 heterocycles. The summed E-state index contributed by atoms with van der Waals surface area (Å²) in [5, 5.41) is 9.54. The summed E-state index contributed by atoms with van der Waals surface area (Å²) in [6, 6.07) is 7.85. The van der Waals surface area contributed by atoms with Crippen molar-refractivity contribution in [2.45, 2.75) is 58.3 Å². The highest BCUT2D eigenvalue weighted by Crippen LogP contribution is 2.23. The van der Waals surface area contributed by atoms with Crippen molar-refractivity contribution in [1.29, 1.82) is 0 Å². The van der Waals surface area contributed by atoms with Crippen LogP contribution in [0.3, 0.4) is 0 Å². The fourth-order valence-electron chi connectivity index (χ4n) is 2.87. The van der Waals surface area contributed by atoms with Gasteiger partial charge in [-0.1, -0.05) is 17.7 Å². The van der Waals surface area contributed by atoms with E-state index in [9.17, 15) is 9.90 Å². The number of hydrogen-bond acceptors (Lipinski definition) is 3. The lowest BCUT2D eigenvalue weighted by Gasteiger charge is -2.28. The van der Waals surface area contributed by atoms with Crippen molar-refractivity contribution in [3.8, 4) is 5.75 Å². The third-order valence-corrected chi connectivity index (χ3v) is 3.96. The van der Waals surface area contributed by atoms with Crippen LogP contribution in [-0.2, 0) is 4.79 Å². The summed E-state index contributed by atoms with van der Waals surface area (Å²) in [5.41, 5.74) is 1.16. The zero-order valence-electron chi connectivity index (χ0n) is 13.1. The van der Waals surface area contributed by atoms with Crippen LogP contribution in [0.25, 0.3) is 0 Å². The minimum Gasteiger partial charge on any atom is -0.481 e. The van der Waals surface area contributed by atoms with Crippen molar-refractivity contribution >= 4 is 5.91 Å². The van der Waals surface area contributed by atoms with E-state index in [1.54, 1.807) is 13.8 Å². The summed E-state index contributed by atoms with van der Waals surface area (Å²) >= 11 is 0. The predicted molar refractivity (Wildman–Crippen MR) is 82.3 cm³/mol. The number of likely N-dealkylation sites (tertiary alicyclic amines) is 1. The maximum absolute atomic E-state index is 12.5. The number of rotatable bonds is 5. The molecule has 1 aliphatic heterocycles. The van der Waals surface area contributed by atoms with Crippen LogP contribution in [-0.4, -0.2) is 40.7 Å². The number of amides is 1. The van der Waals surface area contributed by atoms with Crippen LogP contribution in [0.5, 0.6) is 5.75 Å². The van der Waals surface area contributed by atoms with Gasteiger partial charge in [0.05, 0.1) is 6.10 Å². The Bertz CT molecular complexity index is 469. The van der Waals surface area contributed by atoms with E-state index >= 15 is 0 Å². The Morgan fingerprint density at radius 3 is 2.67 bits per heavy atom. The van der Waals surface area contributed by atoms with Crippen LogP contribution in [0.1, 0.15) is 38.7 Å². The summed E-state index contributed by atoms with van der Waals surface area (Å²) in [4.78, 5) is 14.4. The number of aryl methyl sites for hydroxylation is 1. The van der Waals surface area contributed by atoms with Crippen LogP contribution in [0.2, 0.25) is 0 Å². The minimum absolute atomic E-state index is 0.0127. The Morgan fingerprint density at radius 2 is 2.05 bits per heavy atom. The Morgan fingerprint density at radius 1 is 1.38 bits per heavy atom. The van der Waals surface area contributed by atoms with Crippen molar-refractivity contribution in [1.82, 2.24) is 4.90 Å². The summed E-state index contributed by atoms with van der Waals surface area (Å²) in [7, 11) is 0. The molecule has 3 unspecified atom stereocenters. The zero-order chi connectivity index (χ0) is 15.4. The first-order chi connectivity index (χ1) is 9.97. The average Bonchev–Trinajstić information content (AvgIpc) is 2.87. The molecular weight excluding hydrogens is 266 g/mol. The van der Waals surface area contributed by atoms with Crippen LogP contribution in [0.4, 0.5) is 0 Å². The lowest BCUT2D eigenvalue weighted by Crippen LogP contribution is -2.44. The van der Waals surface area contributed by atoms with E-state index in [1.807, 2.05) is 36.1 Å². The van der Waals surface area contributed by atoms with E-state index in [0.29, 0.717) is 12.2 Å². The monoisotopic (exact) mass is 291 g/mol. The molecule has 1 N–H and O–H groups in total. The standard InChI is InChI=1S/C17H25NO3/c1-12-6-8-16(9-7-12)21-14(3)17(20)18-10-4-5-15(18)11-13(2)19/h6-9,13-15,19H,4-5,10-11H2,1-3H3.